The van der Waals surface area contributed by atoms with Gasteiger partial charge in [0.15, 0.2) is 0 Å². The second kappa shape index (κ2) is 26.7. The molecule has 380 valence electrons. The molecule has 0 radical (unpaired) electrons. The number of benzene rings is 8. The van der Waals surface area contributed by atoms with Gasteiger partial charge in [0.05, 0.1) is 0 Å². The van der Waals surface area contributed by atoms with Crippen LogP contribution in [0.15, 0.2) is 194 Å². The fourth-order valence-corrected chi connectivity index (χ4v) is 9.60. The van der Waals surface area contributed by atoms with E-state index < -0.39 is 0 Å². The Kier molecular flexibility index (Phi) is 21.6. The minimum Gasteiger partial charge on any atom is -1.00 e. The van der Waals surface area contributed by atoms with Crippen LogP contribution in [0.25, 0.3) is 87.6 Å². The molecule has 0 nitrogen and oxygen atoms in total. The van der Waals surface area contributed by atoms with E-state index in [2.05, 4.69) is 277 Å². The van der Waals surface area contributed by atoms with Crippen LogP contribution in [-0.4, -0.2) is 0 Å². The van der Waals surface area contributed by atoms with Gasteiger partial charge in [-0.25, -0.2) is 0 Å². The molecule has 0 N–H and O–H groups in total. The normalized spacial score (nSPS) is 10.5. The summed E-state index contributed by atoms with van der Waals surface area (Å²) in [6, 6.07) is 71.5. The Balaban J connectivity index is 0.000000184. The van der Waals surface area contributed by atoms with Gasteiger partial charge in [-0.3, -0.25) is 0 Å². The summed E-state index contributed by atoms with van der Waals surface area (Å²) in [7, 11) is 0. The van der Waals surface area contributed by atoms with Crippen molar-refractivity contribution in [1.82, 2.24) is 0 Å². The van der Waals surface area contributed by atoms with E-state index in [1.54, 1.807) is 0 Å². The van der Waals surface area contributed by atoms with Gasteiger partial charge in [-0.2, -0.15) is 0 Å². The molecule has 0 aliphatic rings. The SMILES string of the molecule is Cc1ccc(-c2cc3cc(C)c(C)cc3[cH-]2)cc1.Cc1ccc(-c2cc3cc(C)c(C)cc3[cH-]2)cc1.Cc1ccc(-c2cc3cc(C)c(C)cc3[cH-]2)cc1.Cc1ccc(-c2cc3cc(C)c(C)cc3[cH-]2)cc1.[Cl-].[Cl-].[Zr+2].[Zr+2]. The Bertz CT molecular complexity index is 3170. The van der Waals surface area contributed by atoms with Gasteiger partial charge >= 0.3 is 52.4 Å². The fraction of sp³-hybridized carbons (Fsp3) is 0.167. The molecule has 0 aromatic heterocycles. The van der Waals surface area contributed by atoms with Crippen molar-refractivity contribution in [3.8, 4) is 44.5 Å². The van der Waals surface area contributed by atoms with E-state index >= 15 is 0 Å². The van der Waals surface area contributed by atoms with Gasteiger partial charge in [0.2, 0.25) is 0 Å². The first kappa shape index (κ1) is 61.4. The van der Waals surface area contributed by atoms with Crippen LogP contribution >= 0.6 is 0 Å². The van der Waals surface area contributed by atoms with Crippen LogP contribution in [0.5, 0.6) is 0 Å². The zero-order chi connectivity index (χ0) is 50.8. The molecule has 0 unspecified atom stereocenters. The molecular weight excluding hydrogens is 1120 g/mol. The van der Waals surface area contributed by atoms with E-state index in [9.17, 15) is 0 Å². The average Bonchev–Trinajstić information content (AvgIpc) is 4.17. The maximum absolute atomic E-state index is 2.28. The molecule has 0 fully saturated rings. The fourth-order valence-electron chi connectivity index (χ4n) is 9.60. The summed E-state index contributed by atoms with van der Waals surface area (Å²) in [6.07, 6.45) is 0. The molecule has 0 saturated heterocycles. The summed E-state index contributed by atoms with van der Waals surface area (Å²) in [5.41, 5.74) is 26.6. The number of halogens is 2. The summed E-state index contributed by atoms with van der Waals surface area (Å²) in [5, 5.41) is 10.7. The Morgan fingerprint density at radius 3 is 0.539 bits per heavy atom. The molecule has 0 spiro atoms. The molecule has 4 heteroatoms. The molecule has 0 aliphatic carbocycles. The van der Waals surface area contributed by atoms with Gasteiger partial charge < -0.3 is 24.8 Å². The van der Waals surface area contributed by atoms with Crippen LogP contribution in [-0.2, 0) is 52.4 Å². The van der Waals surface area contributed by atoms with Crippen molar-refractivity contribution in [2.75, 3.05) is 0 Å². The van der Waals surface area contributed by atoms with Crippen LogP contribution in [0.4, 0.5) is 0 Å². The van der Waals surface area contributed by atoms with Crippen LogP contribution < -0.4 is 24.8 Å². The Morgan fingerprint density at radius 1 is 0.211 bits per heavy atom. The van der Waals surface area contributed by atoms with Crippen molar-refractivity contribution < 1.29 is 77.2 Å². The molecule has 0 saturated carbocycles. The molecule has 0 amide bonds. The van der Waals surface area contributed by atoms with E-state index in [4.69, 9.17) is 0 Å². The van der Waals surface area contributed by atoms with Gasteiger partial charge in [0.1, 0.15) is 0 Å². The third-order valence-electron chi connectivity index (χ3n) is 14.8. The first-order valence-corrected chi connectivity index (χ1v) is 25.5. The van der Waals surface area contributed by atoms with Crippen molar-refractivity contribution in [1.29, 1.82) is 0 Å². The summed E-state index contributed by atoms with van der Waals surface area (Å²) >= 11 is 0. The van der Waals surface area contributed by atoms with Crippen LogP contribution in [0, 0.1) is 83.1 Å². The quantitative estimate of drug-likeness (QED) is 0.154. The van der Waals surface area contributed by atoms with Crippen molar-refractivity contribution in [3.05, 3.63) is 261 Å². The van der Waals surface area contributed by atoms with E-state index in [-0.39, 0.29) is 77.2 Å². The van der Waals surface area contributed by atoms with Crippen molar-refractivity contribution >= 4 is 43.1 Å². The van der Waals surface area contributed by atoms with E-state index in [1.807, 2.05) is 0 Å². The first-order chi connectivity index (χ1) is 34.5. The summed E-state index contributed by atoms with van der Waals surface area (Å²) in [6.45, 7) is 25.9. The third-order valence-corrected chi connectivity index (χ3v) is 14.8. The predicted molar refractivity (Wildman–Crippen MR) is 317 cm³/mol. The molecule has 0 bridgehead atoms. The van der Waals surface area contributed by atoms with E-state index in [0.29, 0.717) is 0 Å². The number of rotatable bonds is 4. The Morgan fingerprint density at radius 2 is 0.368 bits per heavy atom. The third kappa shape index (κ3) is 14.6. The zero-order valence-corrected chi connectivity index (χ0v) is 52.7. The van der Waals surface area contributed by atoms with Gasteiger partial charge in [-0.15, -0.1) is 138 Å². The molecule has 76 heavy (non-hydrogen) atoms. The van der Waals surface area contributed by atoms with Gasteiger partial charge in [-0.05, 0) is 83.1 Å². The van der Waals surface area contributed by atoms with Crippen molar-refractivity contribution in [2.24, 2.45) is 0 Å². The Labute approximate surface area is 504 Å². The minimum absolute atomic E-state index is 0. The predicted octanol–water partition coefficient (Wildman–Crippen LogP) is 14.6. The average molecular weight is 1190 g/mol. The second-order valence-corrected chi connectivity index (χ2v) is 20.7. The van der Waals surface area contributed by atoms with Crippen LogP contribution in [0.2, 0.25) is 0 Å². The van der Waals surface area contributed by atoms with Gasteiger partial charge in [0, 0.05) is 0 Å². The van der Waals surface area contributed by atoms with Crippen LogP contribution in [0.3, 0.4) is 0 Å². The first-order valence-electron chi connectivity index (χ1n) is 25.5. The largest absolute Gasteiger partial charge is 2.00 e. The van der Waals surface area contributed by atoms with Crippen molar-refractivity contribution in [2.45, 2.75) is 83.1 Å². The zero-order valence-electron chi connectivity index (χ0n) is 46.2. The standard InChI is InChI=1S/4C18H17.2ClH.2Zr/c4*1-12-4-6-15(7-5-12)18-10-16-8-13(2)14(3)9-17(16)11-18;;;;/h4*4-11H,1-3H3;2*1H;;/q4*-1;;;2*+2/p-2. The minimum atomic E-state index is 0. The van der Waals surface area contributed by atoms with Crippen LogP contribution in [0.1, 0.15) is 66.8 Å². The van der Waals surface area contributed by atoms with Gasteiger partial charge in [0.25, 0.3) is 0 Å². The van der Waals surface area contributed by atoms with Crippen molar-refractivity contribution in [3.63, 3.8) is 0 Å². The molecule has 12 aromatic rings. The summed E-state index contributed by atoms with van der Waals surface area (Å²) in [5.74, 6) is 0. The second-order valence-electron chi connectivity index (χ2n) is 20.7. The molecule has 12 rings (SSSR count). The van der Waals surface area contributed by atoms with E-state index in [1.165, 1.54) is 154 Å². The summed E-state index contributed by atoms with van der Waals surface area (Å²) in [4.78, 5) is 0. The topological polar surface area (TPSA) is 0 Å². The molecular formula is C72H68Cl2Zr2-2. The monoisotopic (exact) mass is 1180 g/mol. The molecule has 12 aromatic carbocycles. The Hall–Kier alpha value is -5.45. The number of aryl methyl sites for hydroxylation is 12. The molecule has 0 atom stereocenters. The smallest absolute Gasteiger partial charge is 1.00 e. The number of fused-ring (bicyclic) bond motifs is 4. The van der Waals surface area contributed by atoms with E-state index in [0.717, 1.165) is 0 Å². The summed E-state index contributed by atoms with van der Waals surface area (Å²) < 4.78 is 0. The molecule has 0 heterocycles. The number of hydrogen-bond acceptors (Lipinski definition) is 0. The maximum atomic E-state index is 2.28. The maximum Gasteiger partial charge on any atom is 2.00 e. The van der Waals surface area contributed by atoms with Gasteiger partial charge in [-0.1, -0.05) is 210 Å². The number of hydrogen-bond donors (Lipinski definition) is 0. The molecule has 0 aliphatic heterocycles.